The van der Waals surface area contributed by atoms with E-state index in [1.807, 2.05) is 30.3 Å². The van der Waals surface area contributed by atoms with E-state index in [1.165, 1.54) is 16.7 Å². The Morgan fingerprint density at radius 2 is 1.43 bits per heavy atom. The van der Waals surface area contributed by atoms with E-state index in [2.05, 4.69) is 11.8 Å². The zero-order valence-corrected chi connectivity index (χ0v) is 15.8. The van der Waals surface area contributed by atoms with Crippen LogP contribution in [0.4, 0.5) is 0 Å². The summed E-state index contributed by atoms with van der Waals surface area (Å²) in [4.78, 5) is 2.45. The number of benzene rings is 2. The van der Waals surface area contributed by atoms with Gasteiger partial charge >= 0.3 is 0 Å². The number of halogens is 4. The van der Waals surface area contributed by atoms with Gasteiger partial charge in [-0.15, -0.1) is 0 Å². The largest absolute Gasteiger partial charge is 0.292 e. The number of rotatable bonds is 4. The van der Waals surface area contributed by atoms with Crippen LogP contribution in [0.3, 0.4) is 0 Å². The molecule has 1 atom stereocenters. The summed E-state index contributed by atoms with van der Waals surface area (Å²) in [7, 11) is 0. The molecule has 0 aromatic heterocycles. The molecule has 0 aliphatic carbocycles. The van der Waals surface area contributed by atoms with Gasteiger partial charge in [0.25, 0.3) is 0 Å². The van der Waals surface area contributed by atoms with Crippen LogP contribution >= 0.6 is 46.4 Å². The van der Waals surface area contributed by atoms with E-state index in [0.717, 1.165) is 25.9 Å². The molecule has 0 radical (unpaired) electrons. The predicted octanol–water partition coefficient (Wildman–Crippen LogP) is 6.64. The van der Waals surface area contributed by atoms with Gasteiger partial charge in [-0.25, -0.2) is 0 Å². The van der Waals surface area contributed by atoms with Crippen LogP contribution in [-0.2, 0) is 19.5 Å². The molecule has 1 heterocycles. The Kier molecular flexibility index (Phi) is 5.45. The monoisotopic (exact) mass is 387 g/mol. The first-order valence-electron chi connectivity index (χ1n) is 7.59. The van der Waals surface area contributed by atoms with E-state index >= 15 is 0 Å². The molecule has 1 unspecified atom stereocenters. The first-order chi connectivity index (χ1) is 10.9. The molecular weight excluding hydrogens is 372 g/mol. The lowest BCUT2D eigenvalue weighted by Gasteiger charge is -2.23. The molecule has 3 rings (SSSR count). The van der Waals surface area contributed by atoms with Gasteiger partial charge in [0.1, 0.15) is 0 Å². The summed E-state index contributed by atoms with van der Waals surface area (Å²) in [5.41, 5.74) is 3.77. The molecule has 0 N–H and O–H groups in total. The van der Waals surface area contributed by atoms with Crippen molar-refractivity contribution < 1.29 is 0 Å². The van der Waals surface area contributed by atoms with Crippen molar-refractivity contribution in [3.63, 3.8) is 0 Å². The minimum Gasteiger partial charge on any atom is -0.292 e. The Morgan fingerprint density at radius 1 is 0.870 bits per heavy atom. The summed E-state index contributed by atoms with van der Waals surface area (Å²) < 4.78 is 0. The third-order valence-electron chi connectivity index (χ3n) is 4.45. The highest BCUT2D eigenvalue weighted by molar-refractivity contribution is 6.42. The average Bonchev–Trinajstić information content (AvgIpc) is 2.91. The topological polar surface area (TPSA) is 3.24 Å². The molecule has 0 saturated heterocycles. The Labute approximate surface area is 157 Å². The summed E-state index contributed by atoms with van der Waals surface area (Å²) in [5.74, 6) is 0. The number of fused-ring (bicyclic) bond motifs is 1. The van der Waals surface area contributed by atoms with Crippen LogP contribution < -0.4 is 0 Å². The fourth-order valence-corrected chi connectivity index (χ4v) is 3.68. The van der Waals surface area contributed by atoms with Gasteiger partial charge in [0.15, 0.2) is 0 Å². The van der Waals surface area contributed by atoms with Crippen molar-refractivity contribution in [2.45, 2.75) is 38.9 Å². The van der Waals surface area contributed by atoms with E-state index in [-0.39, 0.29) is 0 Å². The normalized spacial score (nSPS) is 15.7. The van der Waals surface area contributed by atoms with E-state index in [0.29, 0.717) is 26.1 Å². The highest BCUT2D eigenvalue weighted by Gasteiger charge is 2.24. The summed E-state index contributed by atoms with van der Waals surface area (Å²) in [5, 5.41) is 2.49. The van der Waals surface area contributed by atoms with Gasteiger partial charge in [-0.1, -0.05) is 52.5 Å². The van der Waals surface area contributed by atoms with Crippen molar-refractivity contribution in [2.75, 3.05) is 0 Å². The molecule has 0 amide bonds. The van der Waals surface area contributed by atoms with Gasteiger partial charge < -0.3 is 0 Å². The molecule has 2 aromatic carbocycles. The lowest BCUT2D eigenvalue weighted by atomic mass is 10.1. The van der Waals surface area contributed by atoms with Crippen LogP contribution in [0.2, 0.25) is 20.1 Å². The molecule has 23 heavy (non-hydrogen) atoms. The maximum atomic E-state index is 6.11. The predicted molar refractivity (Wildman–Crippen MR) is 100.0 cm³/mol. The highest BCUT2D eigenvalue weighted by Crippen LogP contribution is 2.33. The maximum absolute atomic E-state index is 6.11. The molecule has 1 nitrogen and oxygen atoms in total. The Bertz CT molecular complexity index is 698. The second-order valence-corrected chi connectivity index (χ2v) is 7.70. The second kappa shape index (κ2) is 7.21. The van der Waals surface area contributed by atoms with E-state index < -0.39 is 0 Å². The van der Waals surface area contributed by atoms with Gasteiger partial charge in [0, 0.05) is 19.1 Å². The summed E-state index contributed by atoms with van der Waals surface area (Å²) in [6.07, 6.45) is 2.04. The van der Waals surface area contributed by atoms with Crippen molar-refractivity contribution in [2.24, 2.45) is 0 Å². The van der Waals surface area contributed by atoms with Crippen molar-refractivity contribution in [1.29, 1.82) is 0 Å². The molecule has 1 aliphatic rings. The van der Waals surface area contributed by atoms with Crippen molar-refractivity contribution in [3.05, 3.63) is 67.1 Å². The van der Waals surface area contributed by atoms with Crippen LogP contribution in [0.5, 0.6) is 0 Å². The highest BCUT2D eigenvalue weighted by atomic mass is 35.5. The molecule has 2 aromatic rings. The van der Waals surface area contributed by atoms with Crippen molar-refractivity contribution in [1.82, 2.24) is 4.90 Å². The lowest BCUT2D eigenvalue weighted by molar-refractivity contribution is 0.203. The first-order valence-corrected chi connectivity index (χ1v) is 9.10. The van der Waals surface area contributed by atoms with Gasteiger partial charge in [-0.3, -0.25) is 4.90 Å². The Balaban J connectivity index is 1.61. The minimum absolute atomic E-state index is 0.467. The van der Waals surface area contributed by atoms with Crippen molar-refractivity contribution >= 4 is 46.4 Å². The molecule has 5 heteroatoms. The molecule has 0 bridgehead atoms. The minimum atomic E-state index is 0.467. The molecule has 1 aliphatic heterocycles. The fraction of sp³-hybridized carbons (Fsp3) is 0.333. The van der Waals surface area contributed by atoms with E-state index in [4.69, 9.17) is 46.4 Å². The van der Waals surface area contributed by atoms with Gasteiger partial charge in [-0.2, -0.15) is 0 Å². The lowest BCUT2D eigenvalue weighted by Crippen LogP contribution is -2.28. The zero-order valence-electron chi connectivity index (χ0n) is 12.8. The summed E-state index contributed by atoms with van der Waals surface area (Å²) in [6, 6.07) is 10.3. The Morgan fingerprint density at radius 3 is 2.00 bits per heavy atom. The summed E-state index contributed by atoms with van der Waals surface area (Å²) in [6.45, 7) is 4.11. The number of hydrogen-bond donors (Lipinski definition) is 0. The van der Waals surface area contributed by atoms with E-state index in [9.17, 15) is 0 Å². The van der Waals surface area contributed by atoms with Gasteiger partial charge in [0.2, 0.25) is 0 Å². The number of nitrogens with zero attached hydrogens (tertiary/aromatic N) is 1. The third-order valence-corrected chi connectivity index (χ3v) is 5.91. The average molecular weight is 389 g/mol. The zero-order chi connectivity index (χ0) is 16.6. The smallest absolute Gasteiger partial charge is 0.0595 e. The maximum Gasteiger partial charge on any atom is 0.0595 e. The van der Waals surface area contributed by atoms with Crippen LogP contribution in [0.25, 0.3) is 0 Å². The van der Waals surface area contributed by atoms with Crippen molar-refractivity contribution in [3.8, 4) is 0 Å². The molecule has 0 spiro atoms. The molecule has 0 saturated carbocycles. The Hall–Kier alpha value is -0.440. The van der Waals surface area contributed by atoms with Crippen LogP contribution in [0.1, 0.15) is 30.0 Å². The third kappa shape index (κ3) is 3.97. The summed E-state index contributed by atoms with van der Waals surface area (Å²) >= 11 is 24.3. The van der Waals surface area contributed by atoms with Crippen LogP contribution in [-0.4, -0.2) is 10.9 Å². The van der Waals surface area contributed by atoms with E-state index in [1.54, 1.807) is 0 Å². The number of hydrogen-bond acceptors (Lipinski definition) is 1. The first kappa shape index (κ1) is 17.4. The van der Waals surface area contributed by atoms with Crippen LogP contribution in [0, 0.1) is 0 Å². The molecular formula is C18H17Cl4N. The van der Waals surface area contributed by atoms with Gasteiger partial charge in [-0.05, 0) is 60.7 Å². The fourth-order valence-electron chi connectivity index (χ4n) is 2.98. The molecule has 0 fully saturated rings. The quantitative estimate of drug-likeness (QED) is 0.567. The molecule has 122 valence electrons. The number of aryl methyl sites for hydroxylation is 1. The van der Waals surface area contributed by atoms with Crippen LogP contribution in [0.15, 0.2) is 30.3 Å². The second-order valence-electron chi connectivity index (χ2n) is 6.08. The SMILES string of the molecule is CC(CCc1ccc(Cl)c(Cl)c1)N1Cc2cc(Cl)c(Cl)cc2C1. The van der Waals surface area contributed by atoms with Gasteiger partial charge in [0.05, 0.1) is 20.1 Å². The standard InChI is InChI=1S/C18H17Cl4N/c1-11(2-3-12-4-5-15(19)16(20)6-12)23-9-13-7-17(21)18(22)8-14(13)10-23/h4-8,11H,2-3,9-10H2,1H3.